The predicted molar refractivity (Wildman–Crippen MR) is 124 cm³/mol. The summed E-state index contributed by atoms with van der Waals surface area (Å²) < 4.78 is 0. The third-order valence-electron chi connectivity index (χ3n) is 7.61. The van der Waals surface area contributed by atoms with E-state index in [9.17, 15) is 19.2 Å². The molecule has 0 aromatic carbocycles. The summed E-state index contributed by atoms with van der Waals surface area (Å²) in [7, 11) is 2.03. The van der Waals surface area contributed by atoms with Gasteiger partial charge in [-0.25, -0.2) is 0 Å². The molecule has 3 saturated heterocycles. The van der Waals surface area contributed by atoms with E-state index in [-0.39, 0.29) is 47.8 Å². The molecule has 180 valence electrons. The van der Waals surface area contributed by atoms with Gasteiger partial charge in [-0.2, -0.15) is 0 Å². The van der Waals surface area contributed by atoms with Crippen molar-refractivity contribution in [3.05, 3.63) is 33.7 Å². The average molecular weight is 458 g/mol. The molecule has 9 heteroatoms. The summed E-state index contributed by atoms with van der Waals surface area (Å²) in [5.41, 5.74) is 0.858. The van der Waals surface area contributed by atoms with Crippen molar-refractivity contribution in [3.8, 4) is 0 Å². The molecule has 3 aliphatic heterocycles. The summed E-state index contributed by atoms with van der Waals surface area (Å²) in [6.07, 6.45) is 3.13. The molecule has 3 atom stereocenters. The maximum atomic E-state index is 13.1. The molecule has 9 nitrogen and oxygen atoms in total. The number of aromatic nitrogens is 1. The van der Waals surface area contributed by atoms with Crippen molar-refractivity contribution in [3.63, 3.8) is 0 Å². The van der Waals surface area contributed by atoms with Crippen molar-refractivity contribution >= 4 is 17.7 Å². The Kier molecular flexibility index (Phi) is 6.88. The fourth-order valence-corrected chi connectivity index (χ4v) is 5.41. The highest BCUT2D eigenvalue weighted by atomic mass is 16.2. The average Bonchev–Trinajstić information content (AvgIpc) is 3.15. The van der Waals surface area contributed by atoms with Gasteiger partial charge in [-0.1, -0.05) is 6.92 Å². The Morgan fingerprint density at radius 1 is 1.06 bits per heavy atom. The van der Waals surface area contributed by atoms with Gasteiger partial charge >= 0.3 is 0 Å². The Hall–Kier alpha value is -2.68. The second kappa shape index (κ2) is 9.67. The molecule has 4 rings (SSSR count). The molecular formula is C24H35N5O4. The molecular weight excluding hydrogens is 422 g/mol. The Labute approximate surface area is 194 Å². The number of nitrogens with one attached hydrogen (secondary N) is 1. The van der Waals surface area contributed by atoms with E-state index in [1.807, 2.05) is 18.9 Å². The minimum absolute atomic E-state index is 0.0424. The molecule has 0 aliphatic carbocycles. The van der Waals surface area contributed by atoms with Crippen LogP contribution in [0.25, 0.3) is 0 Å². The Morgan fingerprint density at radius 2 is 1.85 bits per heavy atom. The standard InChI is InChI=1S/C24H35N5O4/c1-4-18-12-17(13-21(30)25-18)23(32)27-8-5-6-19(14-27)29-11-10-28(15-22(29)31)24(33)20-7-9-26(3)16(20)2/h12-13,16,19-20H,4-11,14-15H2,1-3H3,(H,25,30)/t16-,19?,20-/m1/s1. The monoisotopic (exact) mass is 457 g/mol. The summed E-state index contributed by atoms with van der Waals surface area (Å²) in [6, 6.07) is 3.23. The number of piperazine rings is 1. The maximum Gasteiger partial charge on any atom is 0.254 e. The van der Waals surface area contributed by atoms with E-state index in [2.05, 4.69) is 16.8 Å². The third kappa shape index (κ3) is 4.83. The third-order valence-corrected chi connectivity index (χ3v) is 7.61. The van der Waals surface area contributed by atoms with Crippen LogP contribution in [0.15, 0.2) is 16.9 Å². The van der Waals surface area contributed by atoms with Crippen molar-refractivity contribution in [2.24, 2.45) is 5.92 Å². The van der Waals surface area contributed by atoms with Crippen LogP contribution >= 0.6 is 0 Å². The zero-order valence-corrected chi connectivity index (χ0v) is 19.9. The van der Waals surface area contributed by atoms with Crippen LogP contribution < -0.4 is 5.56 Å². The summed E-state index contributed by atoms with van der Waals surface area (Å²) in [6.45, 7) is 7.13. The largest absolute Gasteiger partial charge is 0.337 e. The highest BCUT2D eigenvalue weighted by Gasteiger charge is 2.40. The van der Waals surface area contributed by atoms with Crippen molar-refractivity contribution in [1.29, 1.82) is 0 Å². The number of pyridine rings is 1. The highest BCUT2D eigenvalue weighted by molar-refractivity contribution is 5.94. The molecule has 3 aliphatic rings. The molecule has 0 saturated carbocycles. The van der Waals surface area contributed by atoms with Crippen LogP contribution in [-0.4, -0.2) is 101 Å². The predicted octanol–water partition coefficient (Wildman–Crippen LogP) is 0.553. The highest BCUT2D eigenvalue weighted by Crippen LogP contribution is 2.26. The van der Waals surface area contributed by atoms with Crippen LogP contribution in [0.2, 0.25) is 0 Å². The number of H-pyrrole nitrogens is 1. The fraction of sp³-hybridized carbons (Fsp3) is 0.667. The lowest BCUT2D eigenvalue weighted by atomic mass is 9.98. The lowest BCUT2D eigenvalue weighted by Crippen LogP contribution is -2.60. The topological polar surface area (TPSA) is 97.0 Å². The second-order valence-electron chi connectivity index (χ2n) is 9.62. The molecule has 0 spiro atoms. The zero-order valence-electron chi connectivity index (χ0n) is 19.9. The summed E-state index contributed by atoms with van der Waals surface area (Å²) >= 11 is 0. The molecule has 1 aromatic rings. The number of rotatable bonds is 4. The first-order chi connectivity index (χ1) is 15.8. The van der Waals surface area contributed by atoms with Crippen molar-refractivity contribution in [2.45, 2.75) is 51.6 Å². The van der Waals surface area contributed by atoms with Crippen LogP contribution in [-0.2, 0) is 16.0 Å². The summed E-state index contributed by atoms with van der Waals surface area (Å²) in [4.78, 5) is 61.3. The maximum absolute atomic E-state index is 13.1. The van der Waals surface area contributed by atoms with E-state index in [0.29, 0.717) is 38.2 Å². The number of carbonyl (C=O) groups is 3. The molecule has 0 radical (unpaired) electrons. The van der Waals surface area contributed by atoms with Crippen LogP contribution in [0.3, 0.4) is 0 Å². The zero-order chi connectivity index (χ0) is 23.7. The number of likely N-dealkylation sites (tertiary alicyclic amines) is 2. The lowest BCUT2D eigenvalue weighted by molar-refractivity contribution is -0.150. The van der Waals surface area contributed by atoms with Crippen LogP contribution in [0.4, 0.5) is 0 Å². The molecule has 3 amide bonds. The lowest BCUT2D eigenvalue weighted by Gasteiger charge is -2.43. The first-order valence-electron chi connectivity index (χ1n) is 12.1. The molecule has 3 fully saturated rings. The summed E-state index contributed by atoms with van der Waals surface area (Å²) in [5, 5.41) is 0. The quantitative estimate of drug-likeness (QED) is 0.712. The Bertz CT molecular complexity index is 976. The van der Waals surface area contributed by atoms with Crippen molar-refractivity contribution in [2.75, 3.05) is 46.3 Å². The number of hydrogen-bond acceptors (Lipinski definition) is 5. The Morgan fingerprint density at radius 3 is 2.52 bits per heavy atom. The van der Waals surface area contributed by atoms with Crippen molar-refractivity contribution in [1.82, 2.24) is 24.6 Å². The smallest absolute Gasteiger partial charge is 0.254 e. The number of aromatic amines is 1. The fourth-order valence-electron chi connectivity index (χ4n) is 5.41. The number of aryl methyl sites for hydroxylation is 1. The molecule has 1 aromatic heterocycles. The SMILES string of the molecule is CCc1cc(C(=O)N2CCCC(N3CCN(C(=O)[C@@H]4CCN(C)[C@@H]4C)CC3=O)C2)cc(=O)[nH]1. The van der Waals surface area contributed by atoms with Gasteiger partial charge in [0.25, 0.3) is 5.91 Å². The van der Waals surface area contributed by atoms with Gasteiger partial charge in [-0.15, -0.1) is 0 Å². The van der Waals surface area contributed by atoms with Crippen molar-refractivity contribution < 1.29 is 14.4 Å². The van der Waals surface area contributed by atoms with Crippen LogP contribution in [0, 0.1) is 5.92 Å². The van der Waals surface area contributed by atoms with E-state index in [0.717, 1.165) is 31.5 Å². The second-order valence-corrected chi connectivity index (χ2v) is 9.62. The first-order valence-corrected chi connectivity index (χ1v) is 12.1. The normalized spacial score (nSPS) is 26.7. The molecule has 1 unspecified atom stereocenters. The van der Waals surface area contributed by atoms with Gasteiger partial charge in [0, 0.05) is 55.6 Å². The Balaban J connectivity index is 1.38. The molecule has 1 N–H and O–H groups in total. The van der Waals surface area contributed by atoms with E-state index >= 15 is 0 Å². The number of nitrogens with zero attached hydrogens (tertiary/aromatic N) is 4. The van der Waals surface area contributed by atoms with E-state index in [4.69, 9.17) is 0 Å². The summed E-state index contributed by atoms with van der Waals surface area (Å²) in [5.74, 6) is -0.168. The number of hydrogen-bond donors (Lipinski definition) is 1. The molecule has 0 bridgehead atoms. The van der Waals surface area contributed by atoms with Gasteiger partial charge in [-0.3, -0.25) is 19.2 Å². The first kappa shape index (κ1) is 23.5. The van der Waals surface area contributed by atoms with E-state index in [1.54, 1.807) is 15.9 Å². The van der Waals surface area contributed by atoms with Gasteiger partial charge in [0.05, 0.1) is 12.5 Å². The van der Waals surface area contributed by atoms with Crippen LogP contribution in [0.1, 0.15) is 49.2 Å². The molecule has 4 heterocycles. The minimum Gasteiger partial charge on any atom is -0.337 e. The van der Waals surface area contributed by atoms with Gasteiger partial charge in [-0.05, 0) is 52.3 Å². The van der Waals surface area contributed by atoms with Gasteiger partial charge in [0.15, 0.2) is 0 Å². The number of amides is 3. The van der Waals surface area contributed by atoms with Gasteiger partial charge in [0.2, 0.25) is 17.4 Å². The van der Waals surface area contributed by atoms with E-state index in [1.165, 1.54) is 6.07 Å². The number of piperidine rings is 1. The van der Waals surface area contributed by atoms with Gasteiger partial charge < -0.3 is 24.6 Å². The molecule has 33 heavy (non-hydrogen) atoms. The minimum atomic E-state index is -0.273. The number of carbonyl (C=O) groups excluding carboxylic acids is 3. The van der Waals surface area contributed by atoms with Gasteiger partial charge in [0.1, 0.15) is 0 Å². The van der Waals surface area contributed by atoms with E-state index < -0.39 is 0 Å². The van der Waals surface area contributed by atoms with Crippen LogP contribution in [0.5, 0.6) is 0 Å².